The SMILES string of the molecule is CCOC(=O)c1c(-c2ccc(OC)cc2)csc1NC(=O)COc1ccccc1OCC. The molecule has 8 heteroatoms. The molecule has 7 nitrogen and oxygen atoms in total. The van der Waals surface area contributed by atoms with Crippen molar-refractivity contribution >= 4 is 28.2 Å². The molecule has 0 aliphatic rings. The summed E-state index contributed by atoms with van der Waals surface area (Å²) in [4.78, 5) is 25.3. The van der Waals surface area contributed by atoms with Crippen molar-refractivity contribution in [1.82, 2.24) is 0 Å². The van der Waals surface area contributed by atoms with Gasteiger partial charge in [0.15, 0.2) is 18.1 Å². The Hall–Kier alpha value is -3.52. The predicted molar refractivity (Wildman–Crippen MR) is 124 cm³/mol. The molecule has 0 saturated heterocycles. The highest BCUT2D eigenvalue weighted by Gasteiger charge is 2.23. The number of benzene rings is 2. The maximum absolute atomic E-state index is 12.7. The average Bonchev–Trinajstić information content (AvgIpc) is 3.22. The van der Waals surface area contributed by atoms with E-state index in [0.717, 1.165) is 5.56 Å². The number of rotatable bonds is 10. The van der Waals surface area contributed by atoms with E-state index < -0.39 is 11.9 Å². The third kappa shape index (κ3) is 5.59. The Kier molecular flexibility index (Phi) is 8.10. The molecule has 0 atom stereocenters. The Bertz CT molecular complexity index is 1060. The van der Waals surface area contributed by atoms with Gasteiger partial charge in [0.25, 0.3) is 5.91 Å². The number of methoxy groups -OCH3 is 1. The molecule has 2 aromatic carbocycles. The van der Waals surface area contributed by atoms with E-state index in [2.05, 4.69) is 5.32 Å². The number of hydrogen-bond acceptors (Lipinski definition) is 7. The Morgan fingerprint density at radius 2 is 1.62 bits per heavy atom. The molecule has 1 N–H and O–H groups in total. The lowest BCUT2D eigenvalue weighted by Gasteiger charge is -2.12. The second-order valence-corrected chi connectivity index (χ2v) is 7.40. The predicted octanol–water partition coefficient (Wildman–Crippen LogP) is 5.02. The van der Waals surface area contributed by atoms with Crippen molar-refractivity contribution in [3.05, 3.63) is 59.5 Å². The van der Waals surface area contributed by atoms with Crippen LogP contribution < -0.4 is 19.5 Å². The topological polar surface area (TPSA) is 83.1 Å². The van der Waals surface area contributed by atoms with Crippen LogP contribution in [0.5, 0.6) is 17.2 Å². The van der Waals surface area contributed by atoms with E-state index in [1.54, 1.807) is 32.2 Å². The van der Waals surface area contributed by atoms with E-state index in [0.29, 0.717) is 40.0 Å². The molecule has 168 valence electrons. The Balaban J connectivity index is 1.79. The van der Waals surface area contributed by atoms with E-state index in [1.165, 1.54) is 11.3 Å². The van der Waals surface area contributed by atoms with Gasteiger partial charge in [-0.2, -0.15) is 0 Å². The standard InChI is InChI=1S/C24H25NO6S/c1-4-29-19-8-6-7-9-20(19)31-14-21(26)25-23-22(24(27)30-5-2)18(15-32-23)16-10-12-17(28-3)13-11-16/h6-13,15H,4-5,14H2,1-3H3,(H,25,26). The summed E-state index contributed by atoms with van der Waals surface area (Å²) in [5.41, 5.74) is 1.80. The molecule has 0 radical (unpaired) electrons. The van der Waals surface area contributed by atoms with Crippen LogP contribution >= 0.6 is 11.3 Å². The maximum Gasteiger partial charge on any atom is 0.341 e. The van der Waals surface area contributed by atoms with Gasteiger partial charge in [0.05, 0.1) is 20.3 Å². The highest BCUT2D eigenvalue weighted by molar-refractivity contribution is 7.15. The number of anilines is 1. The fourth-order valence-electron chi connectivity index (χ4n) is 2.99. The lowest BCUT2D eigenvalue weighted by Crippen LogP contribution is -2.21. The van der Waals surface area contributed by atoms with Crippen molar-refractivity contribution in [1.29, 1.82) is 0 Å². The quantitative estimate of drug-likeness (QED) is 0.433. The second-order valence-electron chi connectivity index (χ2n) is 6.52. The molecule has 3 rings (SSSR count). The summed E-state index contributed by atoms with van der Waals surface area (Å²) in [6.07, 6.45) is 0. The van der Waals surface area contributed by atoms with Crippen molar-refractivity contribution < 1.29 is 28.5 Å². The molecule has 0 spiro atoms. The minimum absolute atomic E-state index is 0.224. The first-order chi connectivity index (χ1) is 15.6. The summed E-state index contributed by atoms with van der Waals surface area (Å²) >= 11 is 1.25. The highest BCUT2D eigenvalue weighted by atomic mass is 32.1. The number of esters is 1. The third-order valence-electron chi connectivity index (χ3n) is 4.43. The molecular formula is C24H25NO6S. The summed E-state index contributed by atoms with van der Waals surface area (Å²) in [6.45, 7) is 4.08. The van der Waals surface area contributed by atoms with Crippen molar-refractivity contribution in [2.45, 2.75) is 13.8 Å². The van der Waals surface area contributed by atoms with Crippen LogP contribution in [0.15, 0.2) is 53.9 Å². The van der Waals surface area contributed by atoms with Crippen LogP contribution in [0.4, 0.5) is 5.00 Å². The zero-order valence-electron chi connectivity index (χ0n) is 18.2. The second kappa shape index (κ2) is 11.2. The number of ether oxygens (including phenoxy) is 4. The summed E-state index contributed by atoms with van der Waals surface area (Å²) in [6, 6.07) is 14.5. The van der Waals surface area contributed by atoms with E-state index in [-0.39, 0.29) is 13.2 Å². The minimum atomic E-state index is -0.502. The molecule has 1 amide bonds. The minimum Gasteiger partial charge on any atom is -0.497 e. The normalized spacial score (nSPS) is 10.3. The molecule has 0 saturated carbocycles. The van der Waals surface area contributed by atoms with Crippen molar-refractivity contribution in [3.8, 4) is 28.4 Å². The van der Waals surface area contributed by atoms with Gasteiger partial charge in [0, 0.05) is 10.9 Å². The number of hydrogen-bond donors (Lipinski definition) is 1. The number of carbonyl (C=O) groups excluding carboxylic acids is 2. The lowest BCUT2D eigenvalue weighted by atomic mass is 10.0. The van der Waals surface area contributed by atoms with Crippen LogP contribution in [0.3, 0.4) is 0 Å². The van der Waals surface area contributed by atoms with Crippen molar-refractivity contribution in [2.75, 3.05) is 32.2 Å². The average molecular weight is 456 g/mol. The molecule has 32 heavy (non-hydrogen) atoms. The van der Waals surface area contributed by atoms with Crippen LogP contribution in [-0.2, 0) is 9.53 Å². The van der Waals surface area contributed by atoms with E-state index in [4.69, 9.17) is 18.9 Å². The first-order valence-electron chi connectivity index (χ1n) is 10.1. The number of para-hydroxylation sites is 2. The van der Waals surface area contributed by atoms with Crippen LogP contribution in [0.25, 0.3) is 11.1 Å². The lowest BCUT2D eigenvalue weighted by molar-refractivity contribution is -0.118. The summed E-state index contributed by atoms with van der Waals surface area (Å²) < 4.78 is 21.6. The van der Waals surface area contributed by atoms with Crippen LogP contribution in [0.1, 0.15) is 24.2 Å². The number of amides is 1. The molecule has 1 heterocycles. The molecule has 1 aromatic heterocycles. The first-order valence-corrected chi connectivity index (χ1v) is 11.0. The molecule has 0 unspecified atom stereocenters. The third-order valence-corrected chi connectivity index (χ3v) is 5.33. The highest BCUT2D eigenvalue weighted by Crippen LogP contribution is 2.37. The van der Waals surface area contributed by atoms with Gasteiger partial charge in [-0.3, -0.25) is 4.79 Å². The van der Waals surface area contributed by atoms with E-state index >= 15 is 0 Å². The summed E-state index contributed by atoms with van der Waals surface area (Å²) in [5, 5.41) is 4.99. The van der Waals surface area contributed by atoms with Gasteiger partial charge in [0.1, 0.15) is 16.3 Å². The van der Waals surface area contributed by atoms with Gasteiger partial charge in [0.2, 0.25) is 0 Å². The largest absolute Gasteiger partial charge is 0.497 e. The van der Waals surface area contributed by atoms with Gasteiger partial charge in [-0.25, -0.2) is 4.79 Å². The zero-order valence-corrected chi connectivity index (χ0v) is 19.0. The number of thiophene rings is 1. The van der Waals surface area contributed by atoms with Gasteiger partial charge in [-0.1, -0.05) is 24.3 Å². The van der Waals surface area contributed by atoms with Gasteiger partial charge >= 0.3 is 5.97 Å². The van der Waals surface area contributed by atoms with E-state index in [1.807, 2.05) is 42.6 Å². The van der Waals surface area contributed by atoms with Gasteiger partial charge < -0.3 is 24.3 Å². The fourth-order valence-corrected chi connectivity index (χ4v) is 3.96. The fraction of sp³-hybridized carbons (Fsp3) is 0.250. The Morgan fingerprint density at radius 1 is 0.938 bits per heavy atom. The zero-order chi connectivity index (χ0) is 22.9. The van der Waals surface area contributed by atoms with Gasteiger partial charge in [-0.15, -0.1) is 11.3 Å². The van der Waals surface area contributed by atoms with E-state index in [9.17, 15) is 9.59 Å². The molecule has 0 bridgehead atoms. The van der Waals surface area contributed by atoms with Crippen LogP contribution in [0.2, 0.25) is 0 Å². The summed E-state index contributed by atoms with van der Waals surface area (Å²) in [7, 11) is 1.59. The molecule has 0 fully saturated rings. The molecule has 3 aromatic rings. The first kappa shape index (κ1) is 23.1. The number of carbonyl (C=O) groups is 2. The van der Waals surface area contributed by atoms with Crippen LogP contribution in [-0.4, -0.2) is 38.8 Å². The Labute approximate surface area is 190 Å². The summed E-state index contributed by atoms with van der Waals surface area (Å²) in [5.74, 6) is 0.843. The monoisotopic (exact) mass is 455 g/mol. The molecular weight excluding hydrogens is 430 g/mol. The molecule has 0 aliphatic carbocycles. The maximum atomic E-state index is 12.7. The number of nitrogens with one attached hydrogen (secondary N) is 1. The van der Waals surface area contributed by atoms with Crippen molar-refractivity contribution in [2.24, 2.45) is 0 Å². The Morgan fingerprint density at radius 3 is 2.25 bits per heavy atom. The van der Waals surface area contributed by atoms with Crippen LogP contribution in [0, 0.1) is 0 Å². The van der Waals surface area contributed by atoms with Crippen molar-refractivity contribution in [3.63, 3.8) is 0 Å². The smallest absolute Gasteiger partial charge is 0.341 e. The molecule has 0 aliphatic heterocycles. The van der Waals surface area contributed by atoms with Gasteiger partial charge in [-0.05, 0) is 43.7 Å².